The average molecular weight is 511 g/mol. The van der Waals surface area contributed by atoms with Gasteiger partial charge in [-0.15, -0.1) is 0 Å². The molecule has 5 heteroatoms. The highest BCUT2D eigenvalue weighted by molar-refractivity contribution is 7.74. The lowest BCUT2D eigenvalue weighted by atomic mass is 10.1. The number of hydrogen-bond acceptors (Lipinski definition) is 0. The molecule has 1 aliphatic carbocycles. The highest BCUT2D eigenvalue weighted by atomic mass is 31.1. The van der Waals surface area contributed by atoms with Crippen LogP contribution >= 0.6 is 15.8 Å². The van der Waals surface area contributed by atoms with Crippen molar-refractivity contribution in [1.29, 1.82) is 0 Å². The van der Waals surface area contributed by atoms with E-state index in [1.165, 1.54) is 32.9 Å². The molecule has 4 rings (SSSR count). The largest absolute Gasteiger partial charge is 0.413 e. The number of benzene rings is 3. The molecule has 0 saturated heterocycles. The van der Waals surface area contributed by atoms with Crippen LogP contribution in [0.1, 0.15) is 35.6 Å². The van der Waals surface area contributed by atoms with E-state index in [1.807, 2.05) is 6.08 Å². The molecule has 0 radical (unpaired) electrons. The first kappa shape index (κ1) is 25.9. The Morgan fingerprint density at radius 3 is 1.66 bits per heavy atom. The van der Waals surface area contributed by atoms with Crippen molar-refractivity contribution in [2.75, 3.05) is 0 Å². The first-order valence-electron chi connectivity index (χ1n) is 11.8. The van der Waals surface area contributed by atoms with Crippen LogP contribution in [0.2, 0.25) is 0 Å². The molecule has 3 aromatic carbocycles. The van der Waals surface area contributed by atoms with E-state index in [2.05, 4.69) is 71.0 Å². The summed E-state index contributed by atoms with van der Waals surface area (Å²) in [5, 5.41) is 3.30. The predicted octanol–water partition coefficient (Wildman–Crippen LogP) is 8.28. The standard InChI is InChI=1S/C30H31F3P2/c1-20-14-21(2)17-26(16-20)34(27-18-22(3)15-23(4)19-27)24(5)28-12-9-13-29(28)35(30(31,32)33)25-10-7-6-8-11-25/h6-11,13-19,24H,12H2,1-5H3/t24-,35?/m1/s1. The number of hydrogen-bond donors (Lipinski definition) is 0. The molecule has 182 valence electrons. The zero-order valence-corrected chi connectivity index (χ0v) is 22.6. The Kier molecular flexibility index (Phi) is 7.70. The van der Waals surface area contributed by atoms with Crippen LogP contribution in [0.15, 0.2) is 89.8 Å². The van der Waals surface area contributed by atoms with E-state index in [0.29, 0.717) is 17.0 Å². The molecule has 0 bridgehead atoms. The normalized spacial score (nSPS) is 15.7. The minimum absolute atomic E-state index is 0.0199. The summed E-state index contributed by atoms with van der Waals surface area (Å²) in [5.41, 5.74) is 5.65. The van der Waals surface area contributed by atoms with Gasteiger partial charge < -0.3 is 0 Å². The molecule has 0 heterocycles. The van der Waals surface area contributed by atoms with Crippen LogP contribution in [0.4, 0.5) is 13.2 Å². The molecule has 0 N–H and O–H groups in total. The van der Waals surface area contributed by atoms with Gasteiger partial charge in [0.15, 0.2) is 0 Å². The first-order chi connectivity index (χ1) is 16.5. The van der Waals surface area contributed by atoms with Gasteiger partial charge in [-0.25, -0.2) is 0 Å². The minimum atomic E-state index is -4.30. The van der Waals surface area contributed by atoms with Crippen molar-refractivity contribution in [3.63, 3.8) is 0 Å². The molecule has 1 aliphatic rings. The molecule has 35 heavy (non-hydrogen) atoms. The van der Waals surface area contributed by atoms with Crippen molar-refractivity contribution >= 4 is 31.8 Å². The van der Waals surface area contributed by atoms with Crippen LogP contribution in [0.25, 0.3) is 0 Å². The number of halogens is 3. The molecule has 0 spiro atoms. The lowest BCUT2D eigenvalue weighted by molar-refractivity contribution is -0.0383. The lowest BCUT2D eigenvalue weighted by Gasteiger charge is -2.31. The summed E-state index contributed by atoms with van der Waals surface area (Å²) >= 11 is 0. The zero-order valence-electron chi connectivity index (χ0n) is 20.8. The molecule has 0 fully saturated rings. The van der Waals surface area contributed by atoms with Gasteiger partial charge in [0.25, 0.3) is 0 Å². The number of alkyl halides is 3. The molecule has 0 saturated carbocycles. The van der Waals surface area contributed by atoms with E-state index >= 15 is 0 Å². The number of rotatable bonds is 6. The van der Waals surface area contributed by atoms with E-state index in [4.69, 9.17) is 0 Å². The molecule has 0 nitrogen and oxygen atoms in total. The zero-order chi connectivity index (χ0) is 25.3. The maximum absolute atomic E-state index is 14.5. The van der Waals surface area contributed by atoms with Gasteiger partial charge in [0.2, 0.25) is 0 Å². The average Bonchev–Trinajstić information content (AvgIpc) is 3.21. The second-order valence-electron chi connectivity index (χ2n) is 9.39. The third kappa shape index (κ3) is 5.79. The Morgan fingerprint density at radius 2 is 1.20 bits per heavy atom. The van der Waals surface area contributed by atoms with Gasteiger partial charge in [-0.1, -0.05) is 114 Å². The van der Waals surface area contributed by atoms with Gasteiger partial charge in [-0.05, 0) is 63.3 Å². The van der Waals surface area contributed by atoms with Crippen molar-refractivity contribution in [3.8, 4) is 0 Å². The molecule has 0 aromatic heterocycles. The molecule has 3 aromatic rings. The van der Waals surface area contributed by atoms with Gasteiger partial charge in [-0.3, -0.25) is 0 Å². The molecule has 0 amide bonds. The maximum Gasteiger partial charge on any atom is 0.413 e. The lowest BCUT2D eigenvalue weighted by Crippen LogP contribution is -2.24. The van der Waals surface area contributed by atoms with Crippen LogP contribution < -0.4 is 15.9 Å². The minimum Gasteiger partial charge on any atom is -0.166 e. The molecule has 2 atom stereocenters. The Morgan fingerprint density at radius 1 is 0.714 bits per heavy atom. The van der Waals surface area contributed by atoms with Crippen molar-refractivity contribution in [1.82, 2.24) is 0 Å². The fourth-order valence-electron chi connectivity index (χ4n) is 5.04. The second kappa shape index (κ2) is 10.4. The Labute approximate surface area is 209 Å². The highest BCUT2D eigenvalue weighted by Gasteiger charge is 2.44. The quantitative estimate of drug-likeness (QED) is 0.293. The van der Waals surface area contributed by atoms with Gasteiger partial charge in [0.1, 0.15) is 0 Å². The van der Waals surface area contributed by atoms with Gasteiger partial charge in [0, 0.05) is 5.66 Å². The summed E-state index contributed by atoms with van der Waals surface area (Å²) in [5.74, 6) is -4.30. The van der Waals surface area contributed by atoms with E-state index in [9.17, 15) is 13.2 Å². The Hall–Kier alpha value is -2.21. The summed E-state index contributed by atoms with van der Waals surface area (Å²) in [6, 6.07) is 21.6. The smallest absolute Gasteiger partial charge is 0.166 e. The summed E-state index contributed by atoms with van der Waals surface area (Å²) < 4.78 is 43.6. The third-order valence-electron chi connectivity index (χ3n) is 6.31. The third-order valence-corrected chi connectivity index (χ3v) is 11.3. The fourth-order valence-corrected chi connectivity index (χ4v) is 10.4. The van der Waals surface area contributed by atoms with Crippen molar-refractivity contribution in [2.45, 2.75) is 52.6 Å². The van der Waals surface area contributed by atoms with Crippen molar-refractivity contribution in [2.24, 2.45) is 0 Å². The van der Waals surface area contributed by atoms with Crippen molar-refractivity contribution < 1.29 is 13.2 Å². The van der Waals surface area contributed by atoms with Crippen LogP contribution in [0.5, 0.6) is 0 Å². The van der Waals surface area contributed by atoms with Crippen LogP contribution in [-0.4, -0.2) is 11.6 Å². The van der Waals surface area contributed by atoms with E-state index in [1.54, 1.807) is 36.4 Å². The molecular formula is C30H31F3P2. The summed E-state index contributed by atoms with van der Waals surface area (Å²) in [6.07, 6.45) is 4.24. The number of aryl methyl sites for hydroxylation is 4. The Bertz CT molecular complexity index is 1180. The van der Waals surface area contributed by atoms with Crippen LogP contribution in [-0.2, 0) is 0 Å². The summed E-state index contributed by atoms with van der Waals surface area (Å²) in [4.78, 5) is 0. The van der Waals surface area contributed by atoms with E-state index < -0.39 is 21.8 Å². The van der Waals surface area contributed by atoms with Crippen LogP contribution in [0.3, 0.4) is 0 Å². The molecular weight excluding hydrogens is 479 g/mol. The van der Waals surface area contributed by atoms with Gasteiger partial charge in [-0.2, -0.15) is 13.2 Å². The van der Waals surface area contributed by atoms with E-state index in [0.717, 1.165) is 5.57 Å². The van der Waals surface area contributed by atoms with E-state index in [-0.39, 0.29) is 5.66 Å². The molecule has 1 unspecified atom stereocenters. The maximum atomic E-state index is 14.5. The molecule has 0 aliphatic heterocycles. The van der Waals surface area contributed by atoms with Crippen molar-refractivity contribution in [3.05, 3.63) is 112 Å². The summed E-state index contributed by atoms with van der Waals surface area (Å²) in [6.45, 7) is 10.5. The topological polar surface area (TPSA) is 0 Å². The van der Waals surface area contributed by atoms with Gasteiger partial charge in [0.05, 0.1) is 7.92 Å². The highest BCUT2D eigenvalue weighted by Crippen LogP contribution is 2.62. The van der Waals surface area contributed by atoms with Gasteiger partial charge >= 0.3 is 5.92 Å². The first-order valence-corrected chi connectivity index (χ1v) is 14.6. The van der Waals surface area contributed by atoms with Crippen LogP contribution in [0, 0.1) is 27.7 Å². The predicted molar refractivity (Wildman–Crippen MR) is 147 cm³/mol. The number of allylic oxidation sites excluding steroid dienone is 4. The summed E-state index contributed by atoms with van der Waals surface area (Å²) in [7, 11) is -3.35. The second-order valence-corrected chi connectivity index (χ2v) is 14.1. The SMILES string of the molecule is Cc1cc(C)cc(P(c2cc(C)cc(C)c2)[C@H](C)C2=C(P(c3ccccc3)C(F)(F)F)C=CC2)c1. The fraction of sp³-hybridized carbons (Fsp3) is 0.267. The Balaban J connectivity index is 1.90. The monoisotopic (exact) mass is 510 g/mol.